The van der Waals surface area contributed by atoms with Gasteiger partial charge in [0.25, 0.3) is 5.92 Å². The second-order valence-corrected chi connectivity index (χ2v) is 7.39. The minimum Gasteiger partial charge on any atom is -0.478 e. The Balaban J connectivity index is 2.52. The largest absolute Gasteiger partial charge is 0.478 e. The summed E-state index contributed by atoms with van der Waals surface area (Å²) < 4.78 is 67.7. The highest BCUT2D eigenvalue weighted by atomic mass is 35.5. The number of benzene rings is 2. The molecule has 2 aromatic carbocycles. The zero-order valence-corrected chi connectivity index (χ0v) is 16.8. The van der Waals surface area contributed by atoms with Gasteiger partial charge in [-0.3, -0.25) is 0 Å². The van der Waals surface area contributed by atoms with Crippen molar-refractivity contribution in [2.45, 2.75) is 24.9 Å². The van der Waals surface area contributed by atoms with Crippen molar-refractivity contribution in [3.8, 4) is 0 Å². The average molecular weight is 474 g/mol. The van der Waals surface area contributed by atoms with Crippen molar-refractivity contribution >= 4 is 46.8 Å². The van der Waals surface area contributed by atoms with Gasteiger partial charge in [0.1, 0.15) is 0 Å². The van der Waals surface area contributed by atoms with Gasteiger partial charge in [0, 0.05) is 6.92 Å². The molecule has 0 aliphatic rings. The maximum absolute atomic E-state index is 14.1. The predicted octanol–water partition coefficient (Wildman–Crippen LogP) is 7.82. The molecule has 1 atom stereocenters. The van der Waals surface area contributed by atoms with Crippen LogP contribution in [0.4, 0.5) is 22.0 Å². The minimum atomic E-state index is -4.93. The maximum atomic E-state index is 14.1. The lowest BCUT2D eigenvalue weighted by Gasteiger charge is -2.22. The highest BCUT2D eigenvalue weighted by Crippen LogP contribution is 2.40. The van der Waals surface area contributed by atoms with Crippen molar-refractivity contribution < 1.29 is 31.9 Å². The topological polar surface area (TPSA) is 37.3 Å². The standard InChI is InChI=1S/C19H12Cl3F5O2/c1-18(23,24)12(10-7-14(20)16(22)15(21)8-10)5-3-9-2-4-11(17(28)29)13(6-9)19(25,26)27/h2-8,12H,1H3,(H,28,29). The fourth-order valence-corrected chi connectivity index (χ4v) is 3.23. The Labute approximate surface area is 177 Å². The van der Waals surface area contributed by atoms with E-state index >= 15 is 0 Å². The summed E-state index contributed by atoms with van der Waals surface area (Å²) in [6.07, 6.45) is -2.89. The molecule has 0 fully saturated rings. The Morgan fingerprint density at radius 3 is 2.03 bits per heavy atom. The van der Waals surface area contributed by atoms with Gasteiger partial charge in [0.05, 0.1) is 32.1 Å². The molecule has 0 heterocycles. The molecule has 0 spiro atoms. The molecule has 1 N–H and O–H groups in total. The van der Waals surface area contributed by atoms with Gasteiger partial charge in [0.2, 0.25) is 0 Å². The first-order chi connectivity index (χ1) is 13.2. The van der Waals surface area contributed by atoms with Gasteiger partial charge in [0.15, 0.2) is 0 Å². The van der Waals surface area contributed by atoms with E-state index in [1.807, 2.05) is 0 Å². The van der Waals surface area contributed by atoms with Crippen molar-refractivity contribution in [1.82, 2.24) is 0 Å². The number of rotatable bonds is 5. The maximum Gasteiger partial charge on any atom is 0.417 e. The molecule has 0 saturated carbocycles. The first-order valence-electron chi connectivity index (χ1n) is 7.87. The van der Waals surface area contributed by atoms with Crippen molar-refractivity contribution in [2.24, 2.45) is 0 Å². The van der Waals surface area contributed by atoms with Crippen molar-refractivity contribution in [3.63, 3.8) is 0 Å². The molecule has 10 heteroatoms. The zero-order chi connectivity index (χ0) is 22.1. The molecule has 0 bridgehead atoms. The normalized spacial score (nSPS) is 13.7. The van der Waals surface area contributed by atoms with E-state index in [4.69, 9.17) is 39.9 Å². The van der Waals surface area contributed by atoms with Crippen LogP contribution in [0, 0.1) is 0 Å². The van der Waals surface area contributed by atoms with Gasteiger partial charge in [-0.05, 0) is 35.4 Å². The lowest BCUT2D eigenvalue weighted by Crippen LogP contribution is -2.20. The number of hydrogen-bond donors (Lipinski definition) is 1. The highest BCUT2D eigenvalue weighted by molar-refractivity contribution is 6.48. The summed E-state index contributed by atoms with van der Waals surface area (Å²) in [5, 5.41) is 8.79. The molecular formula is C19H12Cl3F5O2. The van der Waals surface area contributed by atoms with Crippen molar-refractivity contribution in [2.75, 3.05) is 0 Å². The summed E-state index contributed by atoms with van der Waals surface area (Å²) in [6.45, 7) is 0.632. The van der Waals surface area contributed by atoms with E-state index in [0.717, 1.165) is 24.3 Å². The molecule has 0 radical (unpaired) electrons. The second kappa shape index (κ2) is 8.50. The third-order valence-corrected chi connectivity index (χ3v) is 5.17. The van der Waals surface area contributed by atoms with Crippen LogP contribution in [0.5, 0.6) is 0 Å². The Bertz CT molecular complexity index is 942. The minimum absolute atomic E-state index is 0.00588. The van der Waals surface area contributed by atoms with Crippen LogP contribution in [0.3, 0.4) is 0 Å². The van der Waals surface area contributed by atoms with Gasteiger partial charge < -0.3 is 5.11 Å². The van der Waals surface area contributed by atoms with Gasteiger partial charge in [-0.1, -0.05) is 53.0 Å². The molecule has 2 nitrogen and oxygen atoms in total. The summed E-state index contributed by atoms with van der Waals surface area (Å²) >= 11 is 17.6. The van der Waals surface area contributed by atoms with E-state index in [0.29, 0.717) is 13.0 Å². The fraction of sp³-hybridized carbons (Fsp3) is 0.211. The van der Waals surface area contributed by atoms with E-state index in [1.54, 1.807) is 0 Å². The lowest BCUT2D eigenvalue weighted by molar-refractivity contribution is -0.138. The number of halogens is 8. The Morgan fingerprint density at radius 2 is 1.59 bits per heavy atom. The Kier molecular flexibility index (Phi) is 6.87. The summed E-state index contributed by atoms with van der Waals surface area (Å²) in [6, 6.07) is 4.81. The van der Waals surface area contributed by atoms with E-state index in [1.165, 1.54) is 12.1 Å². The van der Waals surface area contributed by atoms with Gasteiger partial charge in [-0.25, -0.2) is 13.6 Å². The molecule has 0 saturated heterocycles. The smallest absolute Gasteiger partial charge is 0.417 e. The summed E-state index contributed by atoms with van der Waals surface area (Å²) in [7, 11) is 0. The molecule has 156 valence electrons. The summed E-state index contributed by atoms with van der Waals surface area (Å²) in [5.41, 5.74) is -2.43. The number of carboxylic acid groups (broad SMARTS) is 1. The predicted molar refractivity (Wildman–Crippen MR) is 102 cm³/mol. The zero-order valence-electron chi connectivity index (χ0n) is 14.5. The number of aromatic carboxylic acids is 1. The molecule has 0 aromatic heterocycles. The van der Waals surface area contributed by atoms with Crippen LogP contribution >= 0.6 is 34.8 Å². The third-order valence-electron chi connectivity index (χ3n) is 3.97. The molecular weight excluding hydrogens is 462 g/mol. The van der Waals surface area contributed by atoms with E-state index in [-0.39, 0.29) is 26.2 Å². The fourth-order valence-electron chi connectivity index (χ4n) is 2.62. The summed E-state index contributed by atoms with van der Waals surface area (Å²) in [4.78, 5) is 11.0. The molecule has 0 aliphatic carbocycles. The van der Waals surface area contributed by atoms with Crippen LogP contribution in [0.2, 0.25) is 15.1 Å². The SMILES string of the molecule is CC(F)(F)C(C=Cc1ccc(C(=O)O)c(C(F)(F)F)c1)c1cc(Cl)c(Cl)c(Cl)c1. The molecule has 0 aliphatic heterocycles. The molecule has 2 aromatic rings. The van der Waals surface area contributed by atoms with Crippen LogP contribution < -0.4 is 0 Å². The number of alkyl halides is 5. The third kappa shape index (κ3) is 5.62. The average Bonchev–Trinajstić information content (AvgIpc) is 2.57. The van der Waals surface area contributed by atoms with Crippen LogP contribution in [0.15, 0.2) is 36.4 Å². The van der Waals surface area contributed by atoms with Crippen LogP contribution in [0.25, 0.3) is 6.08 Å². The highest BCUT2D eigenvalue weighted by Gasteiger charge is 2.36. The van der Waals surface area contributed by atoms with Gasteiger partial charge in [-0.2, -0.15) is 13.2 Å². The first kappa shape index (κ1) is 23.4. The van der Waals surface area contributed by atoms with Crippen molar-refractivity contribution in [3.05, 3.63) is 73.7 Å². The Hall–Kier alpha value is -1.83. The first-order valence-corrected chi connectivity index (χ1v) is 9.00. The van der Waals surface area contributed by atoms with Crippen LogP contribution in [-0.2, 0) is 6.18 Å². The van der Waals surface area contributed by atoms with Gasteiger partial charge in [-0.15, -0.1) is 0 Å². The Morgan fingerprint density at radius 1 is 1.03 bits per heavy atom. The van der Waals surface area contributed by atoms with Gasteiger partial charge >= 0.3 is 12.1 Å². The molecule has 1 unspecified atom stereocenters. The second-order valence-electron chi connectivity index (χ2n) is 6.20. The molecule has 2 rings (SSSR count). The van der Waals surface area contributed by atoms with E-state index < -0.39 is 35.1 Å². The lowest BCUT2D eigenvalue weighted by atomic mass is 9.92. The van der Waals surface area contributed by atoms with Crippen molar-refractivity contribution in [1.29, 1.82) is 0 Å². The number of hydrogen-bond acceptors (Lipinski definition) is 1. The van der Waals surface area contributed by atoms with Crippen LogP contribution in [0.1, 0.15) is 39.9 Å². The van der Waals surface area contributed by atoms with E-state index in [2.05, 4.69) is 0 Å². The number of allylic oxidation sites excluding steroid dienone is 1. The van der Waals surface area contributed by atoms with Crippen LogP contribution in [-0.4, -0.2) is 17.0 Å². The molecule has 29 heavy (non-hydrogen) atoms. The molecule has 0 amide bonds. The summed E-state index contributed by atoms with van der Waals surface area (Å²) in [5.74, 6) is -6.65. The van der Waals surface area contributed by atoms with E-state index in [9.17, 15) is 26.7 Å². The number of carbonyl (C=O) groups is 1. The quantitative estimate of drug-likeness (QED) is 0.355. The monoisotopic (exact) mass is 472 g/mol. The number of carboxylic acids is 1.